The second kappa shape index (κ2) is 6.10. The molecule has 0 aliphatic heterocycles. The fourth-order valence-electron chi connectivity index (χ4n) is 1.44. The van der Waals surface area contributed by atoms with Crippen molar-refractivity contribution in [3.63, 3.8) is 0 Å². The number of rotatable bonds is 5. The highest BCUT2D eigenvalue weighted by molar-refractivity contribution is 6.37. The predicted molar refractivity (Wildman–Crippen MR) is 66.7 cm³/mol. The second-order valence-corrected chi connectivity index (χ2v) is 4.62. The summed E-state index contributed by atoms with van der Waals surface area (Å²) in [6, 6.07) is 2.78. The van der Waals surface area contributed by atoms with E-state index in [0.717, 1.165) is 5.56 Å². The van der Waals surface area contributed by atoms with Crippen LogP contribution < -0.4 is 5.73 Å². The zero-order chi connectivity index (χ0) is 13.0. The van der Waals surface area contributed by atoms with E-state index in [1.807, 2.05) is 0 Å². The van der Waals surface area contributed by atoms with E-state index in [-0.39, 0.29) is 22.2 Å². The van der Waals surface area contributed by atoms with Crippen molar-refractivity contribution in [1.82, 2.24) is 0 Å². The van der Waals surface area contributed by atoms with Crippen LogP contribution in [0.4, 0.5) is 0 Å². The van der Waals surface area contributed by atoms with Crippen LogP contribution in [0.25, 0.3) is 0 Å². The normalized spacial score (nSPS) is 12.4. The summed E-state index contributed by atoms with van der Waals surface area (Å²) in [5.74, 6) is -1.06. The molecule has 0 saturated heterocycles. The number of benzene rings is 1. The molecule has 0 amide bonds. The topological polar surface area (TPSA) is 83.5 Å². The SMILES string of the molecule is NC(CCc1cc(Cl)c(O)c(Cl)c1)CC(=O)O. The molecule has 0 aromatic heterocycles. The smallest absolute Gasteiger partial charge is 0.304 e. The molecular weight excluding hydrogens is 265 g/mol. The minimum atomic E-state index is -0.917. The standard InChI is InChI=1S/C11H13Cl2NO3/c12-8-3-6(4-9(13)11(8)17)1-2-7(14)5-10(15)16/h3-4,7,17H,1-2,5,14H2,(H,15,16). The zero-order valence-electron chi connectivity index (χ0n) is 8.99. The molecule has 0 aliphatic carbocycles. The number of hydrogen-bond donors (Lipinski definition) is 3. The Labute approximate surface area is 109 Å². The summed E-state index contributed by atoms with van der Waals surface area (Å²) in [5.41, 5.74) is 6.45. The van der Waals surface area contributed by atoms with Gasteiger partial charge in [0.15, 0.2) is 5.75 Å². The lowest BCUT2D eigenvalue weighted by molar-refractivity contribution is -0.137. The number of nitrogens with two attached hydrogens (primary N) is 1. The fourth-order valence-corrected chi connectivity index (χ4v) is 1.97. The third-order valence-electron chi connectivity index (χ3n) is 2.32. The van der Waals surface area contributed by atoms with Crippen molar-refractivity contribution in [2.45, 2.75) is 25.3 Å². The summed E-state index contributed by atoms with van der Waals surface area (Å²) in [6.07, 6.45) is 1.01. The summed E-state index contributed by atoms with van der Waals surface area (Å²) < 4.78 is 0. The van der Waals surface area contributed by atoms with Crippen LogP contribution in [0.1, 0.15) is 18.4 Å². The van der Waals surface area contributed by atoms with Gasteiger partial charge >= 0.3 is 5.97 Å². The number of carbonyl (C=O) groups is 1. The van der Waals surface area contributed by atoms with Gasteiger partial charge in [0.25, 0.3) is 0 Å². The highest BCUT2D eigenvalue weighted by atomic mass is 35.5. The van der Waals surface area contributed by atoms with E-state index < -0.39 is 12.0 Å². The number of aromatic hydroxyl groups is 1. The van der Waals surface area contributed by atoms with Crippen molar-refractivity contribution < 1.29 is 15.0 Å². The molecular formula is C11H13Cl2NO3. The summed E-state index contributed by atoms with van der Waals surface area (Å²) in [4.78, 5) is 10.4. The van der Waals surface area contributed by atoms with Gasteiger partial charge in [0.2, 0.25) is 0 Å². The van der Waals surface area contributed by atoms with Crippen molar-refractivity contribution in [2.75, 3.05) is 0 Å². The molecule has 0 aliphatic rings. The Balaban J connectivity index is 2.61. The number of hydrogen-bond acceptors (Lipinski definition) is 3. The van der Waals surface area contributed by atoms with Gasteiger partial charge in [-0.15, -0.1) is 0 Å². The molecule has 0 bridgehead atoms. The first-order valence-corrected chi connectivity index (χ1v) is 5.80. The summed E-state index contributed by atoms with van der Waals surface area (Å²) in [5, 5.41) is 18.3. The van der Waals surface area contributed by atoms with E-state index in [1.165, 1.54) is 0 Å². The minimum absolute atomic E-state index is 0.0699. The first kappa shape index (κ1) is 14.1. The van der Waals surface area contributed by atoms with Gasteiger partial charge in [0.05, 0.1) is 16.5 Å². The second-order valence-electron chi connectivity index (χ2n) is 3.80. The van der Waals surface area contributed by atoms with Crippen LogP contribution >= 0.6 is 23.2 Å². The molecule has 1 rings (SSSR count). The van der Waals surface area contributed by atoms with Gasteiger partial charge in [-0.05, 0) is 30.5 Å². The summed E-state index contributed by atoms with van der Waals surface area (Å²) >= 11 is 11.5. The van der Waals surface area contributed by atoms with Crippen molar-refractivity contribution >= 4 is 29.2 Å². The van der Waals surface area contributed by atoms with E-state index in [1.54, 1.807) is 12.1 Å². The summed E-state index contributed by atoms with van der Waals surface area (Å²) in [6.45, 7) is 0. The summed E-state index contributed by atoms with van der Waals surface area (Å²) in [7, 11) is 0. The quantitative estimate of drug-likeness (QED) is 0.772. The van der Waals surface area contributed by atoms with Crippen molar-refractivity contribution in [1.29, 1.82) is 0 Å². The number of carboxylic acids is 1. The lowest BCUT2D eigenvalue weighted by Crippen LogP contribution is -2.24. The maximum atomic E-state index is 10.4. The van der Waals surface area contributed by atoms with Gasteiger partial charge in [-0.3, -0.25) is 4.79 Å². The van der Waals surface area contributed by atoms with Gasteiger partial charge in [0.1, 0.15) is 0 Å². The van der Waals surface area contributed by atoms with Crippen LogP contribution in [0.5, 0.6) is 5.75 Å². The molecule has 4 N–H and O–H groups in total. The van der Waals surface area contributed by atoms with Crippen LogP contribution in [0.15, 0.2) is 12.1 Å². The first-order valence-electron chi connectivity index (χ1n) is 5.04. The molecule has 0 fully saturated rings. The van der Waals surface area contributed by atoms with Crippen LogP contribution in [0.2, 0.25) is 10.0 Å². The molecule has 6 heteroatoms. The van der Waals surface area contributed by atoms with Crippen LogP contribution in [-0.4, -0.2) is 22.2 Å². The molecule has 0 spiro atoms. The molecule has 0 saturated carbocycles. The molecule has 4 nitrogen and oxygen atoms in total. The molecule has 1 aromatic carbocycles. The number of aliphatic carboxylic acids is 1. The fraction of sp³-hybridized carbons (Fsp3) is 0.364. The molecule has 0 radical (unpaired) electrons. The first-order chi connectivity index (χ1) is 7.90. The molecule has 0 heterocycles. The van der Waals surface area contributed by atoms with Crippen molar-refractivity contribution in [3.05, 3.63) is 27.7 Å². The third kappa shape index (κ3) is 4.42. The van der Waals surface area contributed by atoms with Gasteiger partial charge in [0, 0.05) is 6.04 Å². The number of aryl methyl sites for hydroxylation is 1. The highest BCUT2D eigenvalue weighted by Gasteiger charge is 2.10. The lowest BCUT2D eigenvalue weighted by Gasteiger charge is -2.10. The number of halogens is 2. The van der Waals surface area contributed by atoms with E-state index >= 15 is 0 Å². The minimum Gasteiger partial charge on any atom is -0.505 e. The van der Waals surface area contributed by atoms with Gasteiger partial charge in [-0.2, -0.15) is 0 Å². The van der Waals surface area contributed by atoms with Crippen LogP contribution in [0.3, 0.4) is 0 Å². The molecule has 17 heavy (non-hydrogen) atoms. The number of phenolic OH excluding ortho intramolecular Hbond substituents is 1. The van der Waals surface area contributed by atoms with E-state index in [0.29, 0.717) is 12.8 Å². The molecule has 1 aromatic rings. The average Bonchev–Trinajstić information content (AvgIpc) is 2.22. The Hall–Kier alpha value is -0.970. The van der Waals surface area contributed by atoms with E-state index in [2.05, 4.69) is 0 Å². The van der Waals surface area contributed by atoms with Gasteiger partial charge in [-0.1, -0.05) is 23.2 Å². The largest absolute Gasteiger partial charge is 0.505 e. The Bertz CT molecular complexity index is 400. The van der Waals surface area contributed by atoms with Gasteiger partial charge < -0.3 is 15.9 Å². The van der Waals surface area contributed by atoms with Gasteiger partial charge in [-0.25, -0.2) is 0 Å². The van der Waals surface area contributed by atoms with Crippen molar-refractivity contribution in [3.8, 4) is 5.75 Å². The maximum Gasteiger partial charge on any atom is 0.304 e. The molecule has 94 valence electrons. The van der Waals surface area contributed by atoms with Crippen LogP contribution in [-0.2, 0) is 11.2 Å². The average molecular weight is 278 g/mol. The monoisotopic (exact) mass is 277 g/mol. The lowest BCUT2D eigenvalue weighted by atomic mass is 10.0. The van der Waals surface area contributed by atoms with Crippen molar-refractivity contribution in [2.24, 2.45) is 5.73 Å². The number of phenols is 1. The third-order valence-corrected chi connectivity index (χ3v) is 2.89. The highest BCUT2D eigenvalue weighted by Crippen LogP contribution is 2.33. The van der Waals surface area contributed by atoms with E-state index in [4.69, 9.17) is 34.0 Å². The predicted octanol–water partition coefficient (Wildman–Crippen LogP) is 2.43. The Morgan fingerprint density at radius 3 is 2.35 bits per heavy atom. The zero-order valence-corrected chi connectivity index (χ0v) is 10.5. The number of carboxylic acid groups (broad SMARTS) is 1. The Morgan fingerprint density at radius 1 is 1.35 bits per heavy atom. The Morgan fingerprint density at radius 2 is 1.88 bits per heavy atom. The molecule has 1 atom stereocenters. The maximum absolute atomic E-state index is 10.4. The molecule has 1 unspecified atom stereocenters. The van der Waals surface area contributed by atoms with E-state index in [9.17, 15) is 9.90 Å². The van der Waals surface area contributed by atoms with Crippen LogP contribution in [0, 0.1) is 0 Å². The Kier molecular flexibility index (Phi) is 5.05.